The van der Waals surface area contributed by atoms with E-state index in [4.69, 9.17) is 0 Å². The van der Waals surface area contributed by atoms with Crippen LogP contribution in [0.1, 0.15) is 0 Å². The lowest BCUT2D eigenvalue weighted by atomic mass is 10.7. The first-order chi connectivity index (χ1) is 4.41. The van der Waals surface area contributed by atoms with Crippen LogP contribution in [0.15, 0.2) is 0 Å². The summed E-state index contributed by atoms with van der Waals surface area (Å²) in [5.74, 6) is 2.44. The Morgan fingerprint density at radius 1 is 1.00 bits per heavy atom. The third kappa shape index (κ3) is 8.27. The van der Waals surface area contributed by atoms with Crippen LogP contribution >= 0.6 is 11.8 Å². The molecule has 0 saturated heterocycles. The van der Waals surface area contributed by atoms with Crippen molar-refractivity contribution in [2.75, 3.05) is 38.7 Å². The fourth-order valence-corrected chi connectivity index (χ4v) is 1.35. The van der Waals surface area contributed by atoms with Crippen LogP contribution in [-0.4, -0.2) is 38.7 Å². The number of hydrogen-bond acceptors (Lipinski definition) is 3. The number of hydrogen-bond donors (Lipinski definition) is 2. The van der Waals surface area contributed by atoms with E-state index in [1.807, 2.05) is 25.9 Å². The number of rotatable bonds is 6. The lowest BCUT2D eigenvalue weighted by molar-refractivity contribution is 0.858. The summed E-state index contributed by atoms with van der Waals surface area (Å²) >= 11 is 1.98. The Morgan fingerprint density at radius 2 is 1.44 bits per heavy atom. The lowest BCUT2D eigenvalue weighted by Gasteiger charge is -1.98. The molecule has 9 heavy (non-hydrogen) atoms. The van der Waals surface area contributed by atoms with E-state index in [1.54, 1.807) is 0 Å². The van der Waals surface area contributed by atoms with Crippen LogP contribution in [0.5, 0.6) is 0 Å². The maximum absolute atomic E-state index is 3.10. The minimum Gasteiger partial charge on any atom is -0.319 e. The first-order valence-corrected chi connectivity index (χ1v) is 4.44. The maximum atomic E-state index is 3.10. The second kappa shape index (κ2) is 8.27. The highest BCUT2D eigenvalue weighted by Gasteiger charge is 1.84. The topological polar surface area (TPSA) is 24.1 Å². The van der Waals surface area contributed by atoms with Crippen molar-refractivity contribution in [3.63, 3.8) is 0 Å². The Bertz CT molecular complexity index is 44.3. The molecule has 2 N–H and O–H groups in total. The first kappa shape index (κ1) is 9.27. The van der Waals surface area contributed by atoms with E-state index < -0.39 is 0 Å². The molecule has 0 heterocycles. The van der Waals surface area contributed by atoms with Gasteiger partial charge in [-0.15, -0.1) is 0 Å². The first-order valence-electron chi connectivity index (χ1n) is 3.28. The van der Waals surface area contributed by atoms with Crippen LogP contribution in [0.2, 0.25) is 0 Å². The molecule has 3 heteroatoms. The zero-order chi connectivity index (χ0) is 6.95. The molecule has 0 aliphatic rings. The Labute approximate surface area is 61.8 Å². The van der Waals surface area contributed by atoms with E-state index in [-0.39, 0.29) is 0 Å². The van der Waals surface area contributed by atoms with E-state index in [0.29, 0.717) is 0 Å². The van der Waals surface area contributed by atoms with Gasteiger partial charge in [-0.25, -0.2) is 0 Å². The molecule has 0 aromatic heterocycles. The predicted molar refractivity (Wildman–Crippen MR) is 45.2 cm³/mol. The summed E-state index contributed by atoms with van der Waals surface area (Å²) in [5, 5.41) is 6.21. The summed E-state index contributed by atoms with van der Waals surface area (Å²) < 4.78 is 0. The van der Waals surface area contributed by atoms with Crippen molar-refractivity contribution in [3.05, 3.63) is 0 Å². The second-order valence-electron chi connectivity index (χ2n) is 1.82. The Hall–Kier alpha value is 0.270. The minimum atomic E-state index is 1.12. The SMILES string of the molecule is CNCCSCCNC. The monoisotopic (exact) mass is 148 g/mol. The molecule has 0 unspecified atom stereocenters. The smallest absolute Gasteiger partial charge is 0.00584 e. The van der Waals surface area contributed by atoms with Gasteiger partial charge in [0.15, 0.2) is 0 Å². The van der Waals surface area contributed by atoms with Gasteiger partial charge in [-0.1, -0.05) is 0 Å². The largest absolute Gasteiger partial charge is 0.319 e. The molecule has 0 spiro atoms. The van der Waals surface area contributed by atoms with Crippen LogP contribution in [0.25, 0.3) is 0 Å². The van der Waals surface area contributed by atoms with Gasteiger partial charge in [0, 0.05) is 24.6 Å². The van der Waals surface area contributed by atoms with Crippen LogP contribution in [-0.2, 0) is 0 Å². The van der Waals surface area contributed by atoms with Gasteiger partial charge < -0.3 is 10.6 Å². The highest BCUT2D eigenvalue weighted by Crippen LogP contribution is 1.94. The van der Waals surface area contributed by atoms with Gasteiger partial charge in [0.25, 0.3) is 0 Å². The molecule has 0 aromatic rings. The van der Waals surface area contributed by atoms with Gasteiger partial charge in [-0.3, -0.25) is 0 Å². The quantitative estimate of drug-likeness (QED) is 0.525. The van der Waals surface area contributed by atoms with Crippen LogP contribution in [0, 0.1) is 0 Å². The summed E-state index contributed by atoms with van der Waals surface area (Å²) in [4.78, 5) is 0. The summed E-state index contributed by atoms with van der Waals surface area (Å²) in [6, 6.07) is 0. The Kier molecular flexibility index (Phi) is 8.52. The van der Waals surface area contributed by atoms with Gasteiger partial charge in [0.05, 0.1) is 0 Å². The molecule has 0 radical (unpaired) electrons. The van der Waals surface area contributed by atoms with Crippen LogP contribution < -0.4 is 10.6 Å². The van der Waals surface area contributed by atoms with Gasteiger partial charge in [0.2, 0.25) is 0 Å². The van der Waals surface area contributed by atoms with Crippen molar-refractivity contribution in [2.45, 2.75) is 0 Å². The third-order valence-electron chi connectivity index (χ3n) is 0.993. The van der Waals surface area contributed by atoms with Gasteiger partial charge in [0.1, 0.15) is 0 Å². The van der Waals surface area contributed by atoms with E-state index in [9.17, 15) is 0 Å². The molecule has 0 saturated carbocycles. The van der Waals surface area contributed by atoms with Crippen molar-refractivity contribution in [1.82, 2.24) is 10.6 Å². The fraction of sp³-hybridized carbons (Fsp3) is 1.00. The number of nitrogens with one attached hydrogen (secondary N) is 2. The summed E-state index contributed by atoms with van der Waals surface area (Å²) in [7, 11) is 3.97. The Balaban J connectivity index is 2.60. The van der Waals surface area contributed by atoms with E-state index in [2.05, 4.69) is 10.6 Å². The van der Waals surface area contributed by atoms with E-state index in [0.717, 1.165) is 13.1 Å². The van der Waals surface area contributed by atoms with Gasteiger partial charge in [-0.05, 0) is 14.1 Å². The molecule has 0 aliphatic carbocycles. The van der Waals surface area contributed by atoms with Crippen LogP contribution in [0.4, 0.5) is 0 Å². The molecular weight excluding hydrogens is 132 g/mol. The second-order valence-corrected chi connectivity index (χ2v) is 3.04. The standard InChI is InChI=1S/C6H16N2S/c1-7-3-5-9-6-4-8-2/h7-8H,3-6H2,1-2H3. The summed E-state index contributed by atoms with van der Waals surface area (Å²) in [6.07, 6.45) is 0. The highest BCUT2D eigenvalue weighted by atomic mass is 32.2. The molecule has 0 rings (SSSR count). The van der Waals surface area contributed by atoms with Crippen molar-refractivity contribution < 1.29 is 0 Å². The van der Waals surface area contributed by atoms with Crippen LogP contribution in [0.3, 0.4) is 0 Å². The zero-order valence-electron chi connectivity index (χ0n) is 6.24. The maximum Gasteiger partial charge on any atom is 0.00584 e. The fourth-order valence-electron chi connectivity index (χ4n) is 0.451. The predicted octanol–water partition coefficient (Wildman–Crippen LogP) is 0.158. The van der Waals surface area contributed by atoms with Crippen molar-refractivity contribution in [3.8, 4) is 0 Å². The molecule has 0 atom stereocenters. The molecule has 0 fully saturated rings. The third-order valence-corrected chi connectivity index (χ3v) is 1.98. The molecule has 0 aromatic carbocycles. The van der Waals surface area contributed by atoms with Gasteiger partial charge >= 0.3 is 0 Å². The van der Waals surface area contributed by atoms with Crippen molar-refractivity contribution >= 4 is 11.8 Å². The molecule has 0 amide bonds. The lowest BCUT2D eigenvalue weighted by Crippen LogP contribution is -2.13. The highest BCUT2D eigenvalue weighted by molar-refractivity contribution is 7.99. The molecule has 0 bridgehead atoms. The average Bonchev–Trinajstić information content (AvgIpc) is 1.89. The van der Waals surface area contributed by atoms with Crippen molar-refractivity contribution in [1.29, 1.82) is 0 Å². The summed E-state index contributed by atoms with van der Waals surface area (Å²) in [6.45, 7) is 2.24. The zero-order valence-corrected chi connectivity index (χ0v) is 7.05. The average molecular weight is 148 g/mol. The van der Waals surface area contributed by atoms with Gasteiger partial charge in [-0.2, -0.15) is 11.8 Å². The van der Waals surface area contributed by atoms with E-state index in [1.165, 1.54) is 11.5 Å². The minimum absolute atomic E-state index is 1.12. The Morgan fingerprint density at radius 3 is 1.78 bits per heavy atom. The molecule has 56 valence electrons. The van der Waals surface area contributed by atoms with Crippen molar-refractivity contribution in [2.24, 2.45) is 0 Å². The molecular formula is C6H16N2S. The normalized spacial score (nSPS) is 10.0. The number of thioether (sulfide) groups is 1. The van der Waals surface area contributed by atoms with E-state index >= 15 is 0 Å². The molecule has 2 nitrogen and oxygen atoms in total. The summed E-state index contributed by atoms with van der Waals surface area (Å²) in [5.41, 5.74) is 0. The molecule has 0 aliphatic heterocycles.